The van der Waals surface area contributed by atoms with Gasteiger partial charge in [0.25, 0.3) is 0 Å². The van der Waals surface area contributed by atoms with Crippen LogP contribution in [-0.4, -0.2) is 11.1 Å². The Morgan fingerprint density at radius 2 is 1.83 bits per heavy atom. The van der Waals surface area contributed by atoms with E-state index in [4.69, 9.17) is 0 Å². The summed E-state index contributed by atoms with van der Waals surface area (Å²) in [7, 11) is 0. The molecule has 2 nitrogen and oxygen atoms in total. The van der Waals surface area contributed by atoms with Crippen LogP contribution in [0.5, 0.6) is 0 Å². The molecule has 98 valence electrons. The maximum atomic E-state index is 12.9. The number of carbonyl (C=O) groups is 1. The van der Waals surface area contributed by atoms with Crippen LogP contribution in [0.2, 0.25) is 0 Å². The van der Waals surface area contributed by atoms with E-state index in [1.165, 1.54) is 31.4 Å². The minimum absolute atomic E-state index is 0.319. The molecule has 1 aliphatic carbocycles. The summed E-state index contributed by atoms with van der Waals surface area (Å²) in [5.41, 5.74) is 0.717. The van der Waals surface area contributed by atoms with E-state index in [0.717, 1.165) is 18.4 Å². The lowest BCUT2D eigenvalue weighted by Gasteiger charge is -2.24. The number of halogens is 1. The van der Waals surface area contributed by atoms with Gasteiger partial charge < -0.3 is 5.11 Å². The molecular weight excluding hydrogens is 231 g/mol. The fourth-order valence-electron chi connectivity index (χ4n) is 2.83. The molecule has 0 saturated heterocycles. The van der Waals surface area contributed by atoms with Crippen LogP contribution in [0.25, 0.3) is 0 Å². The quantitative estimate of drug-likeness (QED) is 0.878. The van der Waals surface area contributed by atoms with Gasteiger partial charge in [-0.1, -0.05) is 44.2 Å². The van der Waals surface area contributed by atoms with Gasteiger partial charge in [0.1, 0.15) is 5.82 Å². The molecule has 0 spiro atoms. The molecule has 1 aromatic rings. The standard InChI is InChI=1S/C15H19FO2/c16-13-8-6-12(7-9-13)14(15(17)18)10-11-4-2-1-3-5-11/h6-9,11,14H,1-5,10H2,(H,17,18). The lowest BCUT2D eigenvalue weighted by molar-refractivity contribution is -0.139. The molecule has 0 heterocycles. The molecule has 1 atom stereocenters. The lowest BCUT2D eigenvalue weighted by atomic mass is 9.80. The van der Waals surface area contributed by atoms with Crippen LogP contribution in [0.1, 0.15) is 50.0 Å². The molecule has 18 heavy (non-hydrogen) atoms. The minimum Gasteiger partial charge on any atom is -0.481 e. The Hall–Kier alpha value is -1.38. The highest BCUT2D eigenvalue weighted by molar-refractivity contribution is 5.76. The molecule has 1 aromatic carbocycles. The Morgan fingerprint density at radius 1 is 1.22 bits per heavy atom. The monoisotopic (exact) mass is 250 g/mol. The van der Waals surface area contributed by atoms with E-state index >= 15 is 0 Å². The summed E-state index contributed by atoms with van der Waals surface area (Å²) in [4.78, 5) is 11.4. The number of hydrogen-bond acceptors (Lipinski definition) is 1. The molecule has 0 aromatic heterocycles. The topological polar surface area (TPSA) is 37.3 Å². The second-order valence-corrected chi connectivity index (χ2v) is 5.18. The van der Waals surface area contributed by atoms with Crippen LogP contribution in [0.15, 0.2) is 24.3 Å². The van der Waals surface area contributed by atoms with Crippen molar-refractivity contribution in [1.82, 2.24) is 0 Å². The van der Waals surface area contributed by atoms with Gasteiger partial charge in [-0.15, -0.1) is 0 Å². The third-order valence-electron chi connectivity index (χ3n) is 3.86. The van der Waals surface area contributed by atoms with Crippen molar-refractivity contribution in [1.29, 1.82) is 0 Å². The zero-order valence-corrected chi connectivity index (χ0v) is 10.4. The summed E-state index contributed by atoms with van der Waals surface area (Å²) in [6.07, 6.45) is 6.63. The highest BCUT2D eigenvalue weighted by Gasteiger charge is 2.25. The second kappa shape index (κ2) is 5.98. The maximum Gasteiger partial charge on any atom is 0.310 e. The molecule has 1 fully saturated rings. The van der Waals surface area contributed by atoms with Crippen LogP contribution in [0, 0.1) is 11.7 Å². The predicted octanol–water partition coefficient (Wildman–Crippen LogP) is 3.96. The first kappa shape index (κ1) is 13.1. The van der Waals surface area contributed by atoms with Crippen molar-refractivity contribution in [3.05, 3.63) is 35.6 Å². The average Bonchev–Trinajstić information content (AvgIpc) is 2.38. The van der Waals surface area contributed by atoms with Gasteiger partial charge in [0, 0.05) is 0 Å². The summed E-state index contributed by atoms with van der Waals surface area (Å²) in [6.45, 7) is 0. The van der Waals surface area contributed by atoms with Gasteiger partial charge in [-0.3, -0.25) is 4.79 Å². The van der Waals surface area contributed by atoms with Crippen molar-refractivity contribution in [3.8, 4) is 0 Å². The molecule has 0 radical (unpaired) electrons. The SMILES string of the molecule is O=C(O)C(CC1CCCCC1)c1ccc(F)cc1. The number of carboxylic acids is 1. The Labute approximate surface area is 107 Å². The molecule has 1 aliphatic rings. The van der Waals surface area contributed by atoms with Crippen LogP contribution in [0.3, 0.4) is 0 Å². The zero-order chi connectivity index (χ0) is 13.0. The van der Waals surface area contributed by atoms with Gasteiger partial charge in [0.2, 0.25) is 0 Å². The number of aliphatic carboxylic acids is 1. The van der Waals surface area contributed by atoms with E-state index in [0.29, 0.717) is 12.3 Å². The first-order valence-electron chi connectivity index (χ1n) is 6.65. The van der Waals surface area contributed by atoms with Crippen LogP contribution >= 0.6 is 0 Å². The van der Waals surface area contributed by atoms with Gasteiger partial charge in [-0.2, -0.15) is 0 Å². The molecule has 0 amide bonds. The van der Waals surface area contributed by atoms with Gasteiger partial charge in [-0.25, -0.2) is 4.39 Å². The normalized spacial score (nSPS) is 18.5. The van der Waals surface area contributed by atoms with Crippen molar-refractivity contribution in [2.45, 2.75) is 44.4 Å². The first-order valence-corrected chi connectivity index (χ1v) is 6.65. The van der Waals surface area contributed by atoms with Gasteiger partial charge in [0.15, 0.2) is 0 Å². The third kappa shape index (κ3) is 3.31. The predicted molar refractivity (Wildman–Crippen MR) is 68.0 cm³/mol. The summed E-state index contributed by atoms with van der Waals surface area (Å²) in [6, 6.07) is 5.87. The summed E-state index contributed by atoms with van der Waals surface area (Å²) >= 11 is 0. The van der Waals surface area contributed by atoms with Crippen molar-refractivity contribution in [2.75, 3.05) is 0 Å². The first-order chi connectivity index (χ1) is 8.66. The van der Waals surface area contributed by atoms with E-state index in [2.05, 4.69) is 0 Å². The Bertz CT molecular complexity index is 393. The number of rotatable bonds is 4. The molecule has 0 bridgehead atoms. The van der Waals surface area contributed by atoms with Crippen molar-refractivity contribution < 1.29 is 14.3 Å². The van der Waals surface area contributed by atoms with Crippen LogP contribution < -0.4 is 0 Å². The van der Waals surface area contributed by atoms with Crippen molar-refractivity contribution >= 4 is 5.97 Å². The average molecular weight is 250 g/mol. The molecule has 1 unspecified atom stereocenters. The van der Waals surface area contributed by atoms with E-state index in [1.807, 2.05) is 0 Å². The third-order valence-corrected chi connectivity index (χ3v) is 3.86. The van der Waals surface area contributed by atoms with E-state index in [9.17, 15) is 14.3 Å². The Balaban J connectivity index is 2.07. The Kier molecular flexibility index (Phi) is 4.34. The number of carboxylic acid groups (broad SMARTS) is 1. The largest absolute Gasteiger partial charge is 0.481 e. The fraction of sp³-hybridized carbons (Fsp3) is 0.533. The molecule has 3 heteroatoms. The van der Waals surface area contributed by atoms with Crippen LogP contribution in [0.4, 0.5) is 4.39 Å². The Morgan fingerprint density at radius 3 is 2.39 bits per heavy atom. The van der Waals surface area contributed by atoms with E-state index in [1.54, 1.807) is 12.1 Å². The minimum atomic E-state index is -0.799. The second-order valence-electron chi connectivity index (χ2n) is 5.18. The number of hydrogen-bond donors (Lipinski definition) is 1. The molecule has 1 N–H and O–H groups in total. The van der Waals surface area contributed by atoms with Gasteiger partial charge in [0.05, 0.1) is 5.92 Å². The number of benzene rings is 1. The molecular formula is C15H19FO2. The smallest absolute Gasteiger partial charge is 0.310 e. The maximum absolute atomic E-state index is 12.9. The lowest BCUT2D eigenvalue weighted by Crippen LogP contribution is -2.18. The fourth-order valence-corrected chi connectivity index (χ4v) is 2.83. The van der Waals surface area contributed by atoms with E-state index in [-0.39, 0.29) is 5.82 Å². The highest BCUT2D eigenvalue weighted by Crippen LogP contribution is 2.33. The molecule has 2 rings (SSSR count). The summed E-state index contributed by atoms with van der Waals surface area (Å²) in [5, 5.41) is 9.33. The van der Waals surface area contributed by atoms with Gasteiger partial charge >= 0.3 is 5.97 Å². The van der Waals surface area contributed by atoms with Crippen molar-refractivity contribution in [3.63, 3.8) is 0 Å². The van der Waals surface area contributed by atoms with Gasteiger partial charge in [-0.05, 0) is 30.0 Å². The summed E-state index contributed by atoms with van der Waals surface area (Å²) < 4.78 is 12.9. The highest BCUT2D eigenvalue weighted by atomic mass is 19.1. The zero-order valence-electron chi connectivity index (χ0n) is 10.4. The van der Waals surface area contributed by atoms with E-state index < -0.39 is 11.9 Å². The summed E-state index contributed by atoms with van der Waals surface area (Å²) in [5.74, 6) is -1.11. The van der Waals surface area contributed by atoms with Crippen LogP contribution in [-0.2, 0) is 4.79 Å². The van der Waals surface area contributed by atoms with Crippen molar-refractivity contribution in [2.24, 2.45) is 5.92 Å². The molecule has 0 aliphatic heterocycles. The molecule has 1 saturated carbocycles.